The Balaban J connectivity index is 1.29. The van der Waals surface area contributed by atoms with E-state index in [0.29, 0.717) is 19.4 Å². The van der Waals surface area contributed by atoms with E-state index in [-0.39, 0.29) is 29.6 Å². The maximum atomic E-state index is 14.9. The van der Waals surface area contributed by atoms with Crippen LogP contribution in [-0.4, -0.2) is 36.7 Å². The van der Waals surface area contributed by atoms with E-state index in [0.717, 1.165) is 81.1 Å². The molecule has 3 aliphatic rings. The summed E-state index contributed by atoms with van der Waals surface area (Å²) in [6.45, 7) is 2.31. The number of amides is 2. The molecule has 0 saturated heterocycles. The van der Waals surface area contributed by atoms with Gasteiger partial charge in [-0.1, -0.05) is 79.9 Å². The number of ketones is 1. The van der Waals surface area contributed by atoms with E-state index < -0.39 is 23.9 Å². The first-order chi connectivity index (χ1) is 23.9. The van der Waals surface area contributed by atoms with Gasteiger partial charge in [-0.05, 0) is 118 Å². The van der Waals surface area contributed by atoms with Gasteiger partial charge in [0.05, 0.1) is 24.0 Å². The molecular formula is C42H53N3O4. The third kappa shape index (κ3) is 8.61. The molecule has 1 unspecified atom stereocenters. The molecule has 0 aromatic heterocycles. The summed E-state index contributed by atoms with van der Waals surface area (Å²) in [5, 5.41) is 9.64. The lowest BCUT2D eigenvalue weighted by Gasteiger charge is -2.37. The van der Waals surface area contributed by atoms with E-state index in [2.05, 4.69) is 58.4 Å². The van der Waals surface area contributed by atoms with Gasteiger partial charge in [-0.2, -0.15) is 0 Å². The number of hydrogen-bond donors (Lipinski definition) is 3. The van der Waals surface area contributed by atoms with Gasteiger partial charge in [0.25, 0.3) is 0 Å². The molecule has 1 fully saturated rings. The van der Waals surface area contributed by atoms with Crippen LogP contribution in [0.1, 0.15) is 98.6 Å². The second-order valence-electron chi connectivity index (χ2n) is 14.5. The van der Waals surface area contributed by atoms with E-state index in [9.17, 15) is 14.4 Å². The summed E-state index contributed by atoms with van der Waals surface area (Å²) in [5.74, 6) is -0.321. The van der Waals surface area contributed by atoms with Crippen molar-refractivity contribution in [3.05, 3.63) is 101 Å². The van der Waals surface area contributed by atoms with E-state index in [1.165, 1.54) is 16.7 Å². The summed E-state index contributed by atoms with van der Waals surface area (Å²) in [5.41, 5.74) is 5.86. The van der Waals surface area contributed by atoms with Gasteiger partial charge in [-0.15, -0.1) is 0 Å². The number of ether oxygens (including phenoxy) is 1. The van der Waals surface area contributed by atoms with Crippen molar-refractivity contribution in [2.75, 3.05) is 7.05 Å². The quantitative estimate of drug-likeness (QED) is 0.210. The monoisotopic (exact) mass is 663 g/mol. The zero-order valence-electron chi connectivity index (χ0n) is 29.2. The number of nitrogens with one attached hydrogen (secondary N) is 3. The SMILES string of the molecule is CN[C@@H](C)C(=O)N[C@H](C(=O)C1CCCc2cc(OCc3ccccc3)ccc2C[C@H]1C(=O)N[C@H]1CCCc2ccccc21)C1CCCCC1. The minimum atomic E-state index is -0.591. The second-order valence-corrected chi connectivity index (χ2v) is 14.5. The number of fused-ring (bicyclic) bond motifs is 2. The fraction of sp³-hybridized carbons (Fsp3) is 0.500. The Morgan fingerprint density at radius 1 is 0.776 bits per heavy atom. The lowest BCUT2D eigenvalue weighted by Crippen LogP contribution is -2.55. The molecule has 0 aliphatic heterocycles. The topological polar surface area (TPSA) is 96.5 Å². The maximum absolute atomic E-state index is 14.9. The summed E-state index contributed by atoms with van der Waals surface area (Å²) in [6.07, 6.45) is 10.7. The van der Waals surface area contributed by atoms with Crippen LogP contribution in [0.3, 0.4) is 0 Å². The van der Waals surface area contributed by atoms with E-state index in [1.807, 2.05) is 37.3 Å². The van der Waals surface area contributed by atoms with E-state index in [1.54, 1.807) is 7.05 Å². The molecule has 2 amide bonds. The first-order valence-electron chi connectivity index (χ1n) is 18.6. The van der Waals surface area contributed by atoms with Gasteiger partial charge in [0.2, 0.25) is 11.8 Å². The van der Waals surface area contributed by atoms with E-state index in [4.69, 9.17) is 4.74 Å². The van der Waals surface area contributed by atoms with Crippen molar-refractivity contribution in [1.29, 1.82) is 0 Å². The number of carbonyl (C=O) groups excluding carboxylic acids is 3. The highest BCUT2D eigenvalue weighted by molar-refractivity contribution is 5.95. The van der Waals surface area contributed by atoms with Crippen molar-refractivity contribution in [1.82, 2.24) is 16.0 Å². The van der Waals surface area contributed by atoms with Gasteiger partial charge in [0.15, 0.2) is 5.78 Å². The second kappa shape index (κ2) is 16.6. The zero-order chi connectivity index (χ0) is 34.2. The molecule has 6 rings (SSSR count). The average molecular weight is 664 g/mol. The normalized spacial score (nSPS) is 22.3. The number of likely N-dealkylation sites (N-methyl/N-ethyl adjacent to an activating group) is 1. The first kappa shape index (κ1) is 34.9. The Bertz CT molecular complexity index is 1580. The Labute approximate surface area is 292 Å². The van der Waals surface area contributed by atoms with Crippen molar-refractivity contribution in [2.24, 2.45) is 17.8 Å². The van der Waals surface area contributed by atoms with Gasteiger partial charge in [-0.25, -0.2) is 0 Å². The molecule has 7 heteroatoms. The number of carbonyl (C=O) groups is 3. The lowest BCUT2D eigenvalue weighted by atomic mass is 9.71. The molecule has 3 aromatic carbocycles. The van der Waals surface area contributed by atoms with Crippen LogP contribution in [0.2, 0.25) is 0 Å². The van der Waals surface area contributed by atoms with Gasteiger partial charge in [-0.3, -0.25) is 14.4 Å². The minimum absolute atomic E-state index is 0.0269. The Morgan fingerprint density at radius 2 is 1.51 bits per heavy atom. The number of aryl methyl sites for hydroxylation is 2. The number of Topliss-reactive ketones (excluding diaryl/α,β-unsaturated/α-hetero) is 1. The first-order valence-corrected chi connectivity index (χ1v) is 18.6. The molecule has 3 aromatic rings. The molecule has 49 heavy (non-hydrogen) atoms. The van der Waals surface area contributed by atoms with E-state index >= 15 is 0 Å². The fourth-order valence-corrected chi connectivity index (χ4v) is 8.29. The smallest absolute Gasteiger partial charge is 0.237 e. The van der Waals surface area contributed by atoms with Crippen molar-refractivity contribution in [3.8, 4) is 5.75 Å². The van der Waals surface area contributed by atoms with Crippen LogP contribution < -0.4 is 20.7 Å². The highest BCUT2D eigenvalue weighted by Gasteiger charge is 2.42. The van der Waals surface area contributed by atoms with Crippen LogP contribution in [0, 0.1) is 17.8 Å². The van der Waals surface area contributed by atoms with Crippen molar-refractivity contribution >= 4 is 17.6 Å². The Kier molecular flexibility index (Phi) is 11.8. The molecule has 3 N–H and O–H groups in total. The van der Waals surface area contributed by atoms with Crippen LogP contribution in [0.15, 0.2) is 72.8 Å². The molecule has 7 nitrogen and oxygen atoms in total. The number of benzene rings is 3. The molecule has 0 radical (unpaired) electrons. The van der Waals surface area contributed by atoms with Crippen LogP contribution in [0.4, 0.5) is 0 Å². The van der Waals surface area contributed by atoms with Crippen LogP contribution in [0.25, 0.3) is 0 Å². The average Bonchev–Trinajstić information content (AvgIpc) is 3.13. The number of rotatable bonds is 11. The molecule has 0 spiro atoms. The molecule has 3 aliphatic carbocycles. The van der Waals surface area contributed by atoms with Crippen LogP contribution in [0.5, 0.6) is 5.75 Å². The van der Waals surface area contributed by atoms with Gasteiger partial charge >= 0.3 is 0 Å². The summed E-state index contributed by atoms with van der Waals surface area (Å²) >= 11 is 0. The third-order valence-electron chi connectivity index (χ3n) is 11.3. The minimum Gasteiger partial charge on any atom is -0.489 e. The molecule has 5 atom stereocenters. The van der Waals surface area contributed by atoms with Gasteiger partial charge in [0.1, 0.15) is 12.4 Å². The van der Waals surface area contributed by atoms with Crippen LogP contribution >= 0.6 is 0 Å². The van der Waals surface area contributed by atoms with Gasteiger partial charge < -0.3 is 20.7 Å². The summed E-state index contributed by atoms with van der Waals surface area (Å²) < 4.78 is 6.18. The highest BCUT2D eigenvalue weighted by atomic mass is 16.5. The standard InChI is InChI=1S/C42H53N3O4/c1-28(43-2)41(47)45-39(31-16-7-4-8-17-31)40(46)36-21-11-19-32-25-34(49-27-29-13-5-3-6-14-29)24-23-33(32)26-37(36)42(48)44-38-22-12-18-30-15-9-10-20-35(30)38/h3,5-6,9-10,13-15,20,23-25,28,31,36-39,43H,4,7-8,11-12,16-19,21-22,26-27H2,1-2H3,(H,44,48)(H,45,47)/t28-,36?,37+,38-,39-/m0/s1. The molecular weight excluding hydrogens is 610 g/mol. The predicted molar refractivity (Wildman–Crippen MR) is 193 cm³/mol. The largest absolute Gasteiger partial charge is 0.489 e. The number of hydrogen-bond acceptors (Lipinski definition) is 5. The van der Waals surface area contributed by atoms with Crippen molar-refractivity contribution in [3.63, 3.8) is 0 Å². The molecule has 1 saturated carbocycles. The van der Waals surface area contributed by atoms with Crippen LogP contribution in [-0.2, 0) is 40.3 Å². The highest BCUT2D eigenvalue weighted by Crippen LogP contribution is 2.37. The summed E-state index contributed by atoms with van der Waals surface area (Å²) in [7, 11) is 1.76. The molecule has 0 bridgehead atoms. The third-order valence-corrected chi connectivity index (χ3v) is 11.3. The maximum Gasteiger partial charge on any atom is 0.237 e. The predicted octanol–water partition coefficient (Wildman–Crippen LogP) is 6.81. The van der Waals surface area contributed by atoms with Crippen molar-refractivity contribution in [2.45, 2.75) is 109 Å². The summed E-state index contributed by atoms with van der Waals surface area (Å²) in [6, 6.07) is 23.7. The summed E-state index contributed by atoms with van der Waals surface area (Å²) in [4.78, 5) is 42.7. The molecule has 0 heterocycles. The zero-order valence-corrected chi connectivity index (χ0v) is 29.2. The fourth-order valence-electron chi connectivity index (χ4n) is 8.29. The Morgan fingerprint density at radius 3 is 2.31 bits per heavy atom. The van der Waals surface area contributed by atoms with Gasteiger partial charge in [0, 0.05) is 5.92 Å². The lowest BCUT2D eigenvalue weighted by molar-refractivity contribution is -0.138. The Hall–Kier alpha value is -3.97. The molecule has 260 valence electrons. The van der Waals surface area contributed by atoms with Crippen molar-refractivity contribution < 1.29 is 19.1 Å².